The molecule has 1 aromatic heterocycles. The van der Waals surface area contributed by atoms with Crippen molar-refractivity contribution >= 4 is 29.2 Å². The summed E-state index contributed by atoms with van der Waals surface area (Å²) in [5.74, 6) is 0.900. The molecular formula is C24H21NO4. The Morgan fingerprint density at radius 3 is 2.52 bits per heavy atom. The highest BCUT2D eigenvalue weighted by Gasteiger charge is 2.31. The molecule has 2 aromatic carbocycles. The van der Waals surface area contributed by atoms with Crippen LogP contribution >= 0.6 is 0 Å². The largest absolute Gasteiger partial charge is 0.462 e. The van der Waals surface area contributed by atoms with Gasteiger partial charge < -0.3 is 14.1 Å². The van der Waals surface area contributed by atoms with E-state index in [0.717, 1.165) is 16.8 Å². The number of furan rings is 1. The third-order valence-electron chi connectivity index (χ3n) is 4.87. The first-order valence-corrected chi connectivity index (χ1v) is 9.62. The summed E-state index contributed by atoms with van der Waals surface area (Å²) >= 11 is 0. The second-order valence-electron chi connectivity index (χ2n) is 6.62. The Balaban J connectivity index is 1.62. The van der Waals surface area contributed by atoms with E-state index in [0.29, 0.717) is 35.8 Å². The lowest BCUT2D eigenvalue weighted by atomic mass is 10.1. The average Bonchev–Trinajstić information content (AvgIpc) is 3.32. The van der Waals surface area contributed by atoms with Crippen molar-refractivity contribution in [1.29, 1.82) is 0 Å². The molecule has 3 aromatic rings. The van der Waals surface area contributed by atoms with Gasteiger partial charge in [0.1, 0.15) is 11.5 Å². The van der Waals surface area contributed by atoms with E-state index in [4.69, 9.17) is 9.15 Å². The minimum atomic E-state index is -0.345. The molecule has 0 atom stereocenters. The van der Waals surface area contributed by atoms with Crippen LogP contribution in [0.2, 0.25) is 0 Å². The van der Waals surface area contributed by atoms with Gasteiger partial charge in [0.2, 0.25) is 0 Å². The highest BCUT2D eigenvalue weighted by atomic mass is 16.5. The van der Waals surface area contributed by atoms with E-state index < -0.39 is 0 Å². The van der Waals surface area contributed by atoms with Gasteiger partial charge in [-0.3, -0.25) is 4.79 Å². The third-order valence-corrected chi connectivity index (χ3v) is 4.87. The van der Waals surface area contributed by atoms with Crippen molar-refractivity contribution in [3.8, 4) is 11.3 Å². The van der Waals surface area contributed by atoms with Crippen molar-refractivity contribution in [2.75, 3.05) is 18.1 Å². The SMILES string of the molecule is CCOC(=O)c1ccc(-c2ccc(/C=C3/C(=O)N(CC)c4ccccc43)o2)cc1. The number of anilines is 1. The quantitative estimate of drug-likeness (QED) is 0.455. The second-order valence-corrected chi connectivity index (χ2v) is 6.62. The van der Waals surface area contributed by atoms with Crippen LogP contribution in [0.15, 0.2) is 65.1 Å². The molecular weight excluding hydrogens is 366 g/mol. The lowest BCUT2D eigenvalue weighted by Crippen LogP contribution is -2.25. The normalized spacial score (nSPS) is 14.3. The minimum Gasteiger partial charge on any atom is -0.462 e. The average molecular weight is 387 g/mol. The van der Waals surface area contributed by atoms with Crippen molar-refractivity contribution in [1.82, 2.24) is 0 Å². The molecule has 0 aliphatic carbocycles. The van der Waals surface area contributed by atoms with Crippen LogP contribution < -0.4 is 4.90 Å². The van der Waals surface area contributed by atoms with Crippen LogP contribution in [-0.2, 0) is 9.53 Å². The van der Waals surface area contributed by atoms with E-state index in [-0.39, 0.29) is 11.9 Å². The second kappa shape index (κ2) is 7.80. The summed E-state index contributed by atoms with van der Waals surface area (Å²) in [7, 11) is 0. The number of hydrogen-bond acceptors (Lipinski definition) is 4. The topological polar surface area (TPSA) is 59.8 Å². The summed E-state index contributed by atoms with van der Waals surface area (Å²) in [6.07, 6.45) is 1.79. The fourth-order valence-corrected chi connectivity index (χ4v) is 3.47. The monoisotopic (exact) mass is 387 g/mol. The number of amides is 1. The zero-order valence-electron chi connectivity index (χ0n) is 16.3. The molecule has 0 radical (unpaired) electrons. The molecule has 5 heteroatoms. The van der Waals surface area contributed by atoms with Gasteiger partial charge in [0, 0.05) is 17.7 Å². The molecule has 29 heavy (non-hydrogen) atoms. The number of benzene rings is 2. The summed E-state index contributed by atoms with van der Waals surface area (Å²) in [4.78, 5) is 26.3. The van der Waals surface area contributed by atoms with E-state index in [9.17, 15) is 9.59 Å². The van der Waals surface area contributed by atoms with E-state index >= 15 is 0 Å². The van der Waals surface area contributed by atoms with E-state index in [1.54, 1.807) is 30.0 Å². The van der Waals surface area contributed by atoms with Crippen molar-refractivity contribution < 1.29 is 18.7 Å². The van der Waals surface area contributed by atoms with Gasteiger partial charge in [0.05, 0.1) is 23.4 Å². The first-order valence-electron chi connectivity index (χ1n) is 9.62. The number of carbonyl (C=O) groups excluding carboxylic acids is 2. The van der Waals surface area contributed by atoms with Crippen LogP contribution in [0.1, 0.15) is 35.5 Å². The highest BCUT2D eigenvalue weighted by Crippen LogP contribution is 2.37. The number of nitrogens with zero attached hydrogens (tertiary/aromatic N) is 1. The molecule has 1 aliphatic heterocycles. The molecule has 2 heterocycles. The Kier molecular flexibility index (Phi) is 5.04. The minimum absolute atomic E-state index is 0.0227. The highest BCUT2D eigenvalue weighted by molar-refractivity contribution is 6.35. The summed E-state index contributed by atoms with van der Waals surface area (Å²) in [6, 6.07) is 18.5. The number of ether oxygens (including phenoxy) is 1. The first kappa shape index (κ1) is 18.7. The first-order chi connectivity index (χ1) is 14.1. The summed E-state index contributed by atoms with van der Waals surface area (Å²) in [5.41, 5.74) is 3.80. The molecule has 0 unspecified atom stereocenters. The zero-order chi connectivity index (χ0) is 20.4. The van der Waals surface area contributed by atoms with E-state index in [2.05, 4.69) is 0 Å². The number of para-hydroxylation sites is 1. The molecule has 0 saturated carbocycles. The fraction of sp³-hybridized carbons (Fsp3) is 0.167. The summed E-state index contributed by atoms with van der Waals surface area (Å²) in [6.45, 7) is 4.69. The Labute approximate surface area is 169 Å². The van der Waals surface area contributed by atoms with Gasteiger partial charge in [-0.2, -0.15) is 0 Å². The molecule has 146 valence electrons. The van der Waals surface area contributed by atoms with Gasteiger partial charge in [-0.1, -0.05) is 30.3 Å². The third kappa shape index (κ3) is 3.47. The van der Waals surface area contributed by atoms with Crippen LogP contribution in [0.5, 0.6) is 0 Å². The van der Waals surface area contributed by atoms with Gasteiger partial charge in [-0.25, -0.2) is 4.79 Å². The zero-order valence-corrected chi connectivity index (χ0v) is 16.3. The fourth-order valence-electron chi connectivity index (χ4n) is 3.47. The molecule has 5 nitrogen and oxygen atoms in total. The van der Waals surface area contributed by atoms with Crippen molar-refractivity contribution in [2.45, 2.75) is 13.8 Å². The molecule has 0 fully saturated rings. The number of carbonyl (C=O) groups is 2. The van der Waals surface area contributed by atoms with Crippen molar-refractivity contribution in [2.24, 2.45) is 0 Å². The number of rotatable bonds is 5. The van der Waals surface area contributed by atoms with Gasteiger partial charge in [-0.15, -0.1) is 0 Å². The predicted octanol–water partition coefficient (Wildman–Crippen LogP) is 5.03. The smallest absolute Gasteiger partial charge is 0.338 e. The molecule has 1 aliphatic rings. The lowest BCUT2D eigenvalue weighted by Gasteiger charge is -2.13. The standard InChI is InChI=1S/C24H21NO4/c1-3-25-21-8-6-5-7-19(21)20(23(25)26)15-18-13-14-22(29-18)16-9-11-17(12-10-16)24(27)28-4-2/h5-15H,3-4H2,1-2H3/b20-15+. The molecule has 4 rings (SSSR count). The maximum atomic E-state index is 12.8. The van der Waals surface area contributed by atoms with Crippen molar-refractivity contribution in [3.63, 3.8) is 0 Å². The number of esters is 1. The number of fused-ring (bicyclic) bond motifs is 1. The van der Waals surface area contributed by atoms with Crippen LogP contribution in [0.4, 0.5) is 5.69 Å². The number of hydrogen-bond donors (Lipinski definition) is 0. The van der Waals surface area contributed by atoms with Gasteiger partial charge >= 0.3 is 5.97 Å². The van der Waals surface area contributed by atoms with Gasteiger partial charge in [0.15, 0.2) is 0 Å². The number of likely N-dealkylation sites (N-methyl/N-ethyl adjacent to an activating group) is 1. The molecule has 0 spiro atoms. The summed E-state index contributed by atoms with van der Waals surface area (Å²) in [5, 5.41) is 0. The predicted molar refractivity (Wildman–Crippen MR) is 112 cm³/mol. The van der Waals surface area contributed by atoms with Crippen molar-refractivity contribution in [3.05, 3.63) is 77.6 Å². The Morgan fingerprint density at radius 1 is 1.03 bits per heavy atom. The molecule has 0 N–H and O–H groups in total. The van der Waals surface area contributed by atoms with E-state index in [1.807, 2.05) is 55.5 Å². The lowest BCUT2D eigenvalue weighted by molar-refractivity contribution is -0.112. The molecule has 0 bridgehead atoms. The van der Waals surface area contributed by atoms with Crippen LogP contribution in [0.3, 0.4) is 0 Å². The van der Waals surface area contributed by atoms with Gasteiger partial charge in [-0.05, 0) is 50.3 Å². The molecule has 0 saturated heterocycles. The Hall–Kier alpha value is -3.60. The maximum absolute atomic E-state index is 12.8. The molecule has 1 amide bonds. The van der Waals surface area contributed by atoms with Crippen LogP contribution in [0.25, 0.3) is 23.0 Å². The Morgan fingerprint density at radius 2 is 1.79 bits per heavy atom. The van der Waals surface area contributed by atoms with E-state index in [1.165, 1.54) is 0 Å². The Bertz CT molecular complexity index is 1090. The summed E-state index contributed by atoms with van der Waals surface area (Å²) < 4.78 is 11.0. The maximum Gasteiger partial charge on any atom is 0.338 e. The van der Waals surface area contributed by atoms with Crippen LogP contribution in [-0.4, -0.2) is 25.0 Å². The van der Waals surface area contributed by atoms with Gasteiger partial charge in [0.25, 0.3) is 5.91 Å². The van der Waals surface area contributed by atoms with Crippen LogP contribution in [0, 0.1) is 0 Å².